The van der Waals surface area contributed by atoms with Crippen LogP contribution in [0.5, 0.6) is 0 Å². The van der Waals surface area contributed by atoms with Gasteiger partial charge in [0, 0.05) is 12.3 Å². The van der Waals surface area contributed by atoms with E-state index in [2.05, 4.69) is 63.8 Å². The summed E-state index contributed by atoms with van der Waals surface area (Å²) in [5.41, 5.74) is 3.35. The van der Waals surface area contributed by atoms with Crippen molar-refractivity contribution >= 4 is 11.8 Å². The Labute approximate surface area is 162 Å². The maximum Gasteiger partial charge on any atom is 0.209 e. The SMILES string of the molecule is CCn1ncc(-c2nnn(Cc3ccccc3)n2)c1SCc1ccccc1. The summed E-state index contributed by atoms with van der Waals surface area (Å²) in [5, 5.41) is 18.6. The Kier molecular flexibility index (Phi) is 5.29. The van der Waals surface area contributed by atoms with Gasteiger partial charge in [-0.3, -0.25) is 4.68 Å². The van der Waals surface area contributed by atoms with Crippen molar-refractivity contribution in [1.82, 2.24) is 30.0 Å². The lowest BCUT2D eigenvalue weighted by atomic mass is 10.2. The molecule has 0 N–H and O–H groups in total. The Hall–Kier alpha value is -2.93. The summed E-state index contributed by atoms with van der Waals surface area (Å²) in [6.45, 7) is 3.49. The molecule has 2 aromatic heterocycles. The van der Waals surface area contributed by atoms with Crippen molar-refractivity contribution in [2.45, 2.75) is 30.8 Å². The highest BCUT2D eigenvalue weighted by atomic mass is 32.2. The van der Waals surface area contributed by atoms with Gasteiger partial charge in [-0.05, 0) is 23.3 Å². The van der Waals surface area contributed by atoms with Gasteiger partial charge in [-0.2, -0.15) is 9.90 Å². The van der Waals surface area contributed by atoms with E-state index in [0.29, 0.717) is 12.4 Å². The zero-order chi connectivity index (χ0) is 18.5. The molecular weight excluding hydrogens is 356 g/mol. The van der Waals surface area contributed by atoms with Crippen molar-refractivity contribution in [3.63, 3.8) is 0 Å². The molecule has 0 aliphatic heterocycles. The minimum absolute atomic E-state index is 0.599. The summed E-state index contributed by atoms with van der Waals surface area (Å²) >= 11 is 1.75. The van der Waals surface area contributed by atoms with E-state index in [9.17, 15) is 0 Å². The predicted octanol–water partition coefficient (Wildman–Crippen LogP) is 3.90. The Morgan fingerprint density at radius 3 is 2.33 bits per heavy atom. The van der Waals surface area contributed by atoms with E-state index in [4.69, 9.17) is 0 Å². The van der Waals surface area contributed by atoms with E-state index in [1.807, 2.05) is 35.1 Å². The molecule has 0 atom stereocenters. The Morgan fingerprint density at radius 1 is 0.926 bits per heavy atom. The number of tetrazole rings is 1. The van der Waals surface area contributed by atoms with Gasteiger partial charge in [0.15, 0.2) is 0 Å². The zero-order valence-corrected chi connectivity index (χ0v) is 15.9. The molecule has 0 amide bonds. The molecule has 0 aliphatic rings. The van der Waals surface area contributed by atoms with Gasteiger partial charge in [-0.15, -0.1) is 22.0 Å². The van der Waals surface area contributed by atoms with Crippen LogP contribution in [0.4, 0.5) is 0 Å². The molecule has 6 nitrogen and oxygen atoms in total. The van der Waals surface area contributed by atoms with Gasteiger partial charge in [0.2, 0.25) is 5.82 Å². The topological polar surface area (TPSA) is 61.4 Å². The van der Waals surface area contributed by atoms with Gasteiger partial charge < -0.3 is 0 Å². The first-order valence-corrected chi connectivity index (χ1v) is 9.86. The van der Waals surface area contributed by atoms with E-state index in [1.54, 1.807) is 16.6 Å². The number of nitrogens with zero attached hydrogens (tertiary/aromatic N) is 6. The smallest absolute Gasteiger partial charge is 0.209 e. The molecular formula is C20H20N6S. The van der Waals surface area contributed by atoms with Crippen LogP contribution in [0.3, 0.4) is 0 Å². The van der Waals surface area contributed by atoms with Crippen LogP contribution in [0.1, 0.15) is 18.1 Å². The molecule has 2 heterocycles. The lowest BCUT2D eigenvalue weighted by Gasteiger charge is -2.06. The molecule has 0 saturated heterocycles. The lowest BCUT2D eigenvalue weighted by Crippen LogP contribution is -2.03. The molecule has 136 valence electrons. The van der Waals surface area contributed by atoms with Crippen molar-refractivity contribution in [3.05, 3.63) is 78.0 Å². The number of aryl methyl sites for hydroxylation is 1. The monoisotopic (exact) mass is 376 g/mol. The van der Waals surface area contributed by atoms with Gasteiger partial charge in [0.25, 0.3) is 0 Å². The highest BCUT2D eigenvalue weighted by molar-refractivity contribution is 7.98. The first-order valence-electron chi connectivity index (χ1n) is 8.88. The van der Waals surface area contributed by atoms with Gasteiger partial charge in [0.1, 0.15) is 5.03 Å². The van der Waals surface area contributed by atoms with Gasteiger partial charge in [0.05, 0.1) is 18.3 Å². The highest BCUT2D eigenvalue weighted by Crippen LogP contribution is 2.31. The Balaban J connectivity index is 1.56. The molecule has 27 heavy (non-hydrogen) atoms. The van der Waals surface area contributed by atoms with Crippen molar-refractivity contribution in [3.8, 4) is 11.4 Å². The van der Waals surface area contributed by atoms with E-state index in [1.165, 1.54) is 5.56 Å². The third kappa shape index (κ3) is 4.09. The number of aromatic nitrogens is 6. The molecule has 0 saturated carbocycles. The first kappa shape index (κ1) is 17.5. The number of rotatable bonds is 7. The lowest BCUT2D eigenvalue weighted by molar-refractivity contribution is 0.572. The van der Waals surface area contributed by atoms with Crippen molar-refractivity contribution in [2.75, 3.05) is 0 Å². The van der Waals surface area contributed by atoms with E-state index in [0.717, 1.165) is 28.5 Å². The Morgan fingerprint density at radius 2 is 1.63 bits per heavy atom. The van der Waals surface area contributed by atoms with Crippen LogP contribution in [0.15, 0.2) is 71.9 Å². The maximum atomic E-state index is 4.57. The predicted molar refractivity (Wildman–Crippen MR) is 106 cm³/mol. The normalized spacial score (nSPS) is 11.0. The van der Waals surface area contributed by atoms with Gasteiger partial charge >= 0.3 is 0 Å². The molecule has 4 rings (SSSR count). The van der Waals surface area contributed by atoms with E-state index >= 15 is 0 Å². The van der Waals surface area contributed by atoms with Crippen molar-refractivity contribution in [2.24, 2.45) is 0 Å². The third-order valence-electron chi connectivity index (χ3n) is 4.17. The highest BCUT2D eigenvalue weighted by Gasteiger charge is 2.17. The standard InChI is InChI=1S/C20H20N6S/c1-2-25-20(27-15-17-11-7-4-8-12-17)18(13-21-25)19-22-24-26(23-19)14-16-9-5-3-6-10-16/h3-13H,2,14-15H2,1H3. The van der Waals surface area contributed by atoms with Crippen LogP contribution in [0.2, 0.25) is 0 Å². The molecule has 7 heteroatoms. The summed E-state index contributed by atoms with van der Waals surface area (Å²) < 4.78 is 1.99. The first-order chi connectivity index (χ1) is 13.3. The Bertz CT molecular complexity index is 994. The second kappa shape index (κ2) is 8.18. The van der Waals surface area contributed by atoms with Crippen LogP contribution in [0, 0.1) is 0 Å². The molecule has 2 aromatic carbocycles. The summed E-state index contributed by atoms with van der Waals surface area (Å²) in [4.78, 5) is 1.62. The van der Waals surface area contributed by atoms with Crippen LogP contribution in [-0.4, -0.2) is 30.0 Å². The maximum absolute atomic E-state index is 4.57. The van der Waals surface area contributed by atoms with Crippen LogP contribution in [0.25, 0.3) is 11.4 Å². The fraction of sp³-hybridized carbons (Fsp3) is 0.200. The molecule has 4 aromatic rings. The van der Waals surface area contributed by atoms with Crippen LogP contribution >= 0.6 is 11.8 Å². The van der Waals surface area contributed by atoms with Gasteiger partial charge in [-0.25, -0.2) is 0 Å². The van der Waals surface area contributed by atoms with Crippen LogP contribution in [-0.2, 0) is 18.8 Å². The number of hydrogen-bond acceptors (Lipinski definition) is 5. The second-order valence-electron chi connectivity index (χ2n) is 6.08. The van der Waals surface area contributed by atoms with Crippen molar-refractivity contribution in [1.29, 1.82) is 0 Å². The number of thioether (sulfide) groups is 1. The number of benzene rings is 2. The largest absolute Gasteiger partial charge is 0.259 e. The molecule has 0 aliphatic carbocycles. The molecule has 0 fully saturated rings. The minimum Gasteiger partial charge on any atom is -0.259 e. The molecule has 0 radical (unpaired) electrons. The summed E-state index contributed by atoms with van der Waals surface area (Å²) in [6.07, 6.45) is 1.83. The van der Waals surface area contributed by atoms with Gasteiger partial charge in [-0.1, -0.05) is 60.7 Å². The fourth-order valence-electron chi connectivity index (χ4n) is 2.80. The average molecular weight is 376 g/mol. The number of hydrogen-bond donors (Lipinski definition) is 0. The van der Waals surface area contributed by atoms with E-state index in [-0.39, 0.29) is 0 Å². The summed E-state index contributed by atoms with van der Waals surface area (Å²) in [5.74, 6) is 1.48. The molecule has 0 bridgehead atoms. The zero-order valence-electron chi connectivity index (χ0n) is 15.1. The second-order valence-corrected chi connectivity index (χ2v) is 7.05. The minimum atomic E-state index is 0.599. The summed E-state index contributed by atoms with van der Waals surface area (Å²) in [7, 11) is 0. The fourth-order valence-corrected chi connectivity index (χ4v) is 3.92. The quantitative estimate of drug-likeness (QED) is 0.458. The van der Waals surface area contributed by atoms with Crippen LogP contribution < -0.4 is 0 Å². The molecule has 0 spiro atoms. The third-order valence-corrected chi connectivity index (χ3v) is 5.35. The molecule has 0 unspecified atom stereocenters. The average Bonchev–Trinajstić information content (AvgIpc) is 3.34. The van der Waals surface area contributed by atoms with E-state index < -0.39 is 0 Å². The van der Waals surface area contributed by atoms with Crippen molar-refractivity contribution < 1.29 is 0 Å². The summed E-state index contributed by atoms with van der Waals surface area (Å²) in [6, 6.07) is 20.5.